The molecule has 0 atom stereocenters. The topological polar surface area (TPSA) is 104 Å². The van der Waals surface area contributed by atoms with E-state index in [2.05, 4.69) is 66.0 Å². The average molecular weight is 759 g/mol. The van der Waals surface area contributed by atoms with Crippen LogP contribution < -0.4 is 20.8 Å². The van der Waals surface area contributed by atoms with Crippen LogP contribution in [0.2, 0.25) is 0 Å². The average Bonchev–Trinajstić information content (AvgIpc) is 3.16. The Morgan fingerprint density at radius 2 is 0.704 bits per heavy atom. The van der Waals surface area contributed by atoms with Crippen LogP contribution in [0.15, 0.2) is 0 Å². The third-order valence-electron chi connectivity index (χ3n) is 14.5. The lowest BCUT2D eigenvalue weighted by atomic mass is 9.50. The molecule has 0 saturated carbocycles. The molecule has 0 aromatic heterocycles. The minimum atomic E-state index is -1.10. The molecule has 0 amide bonds. The van der Waals surface area contributed by atoms with Crippen molar-refractivity contribution in [1.82, 2.24) is 10.6 Å². The summed E-state index contributed by atoms with van der Waals surface area (Å²) in [5.74, 6) is -2.10. The molecule has 2 fully saturated rings. The molecule has 318 valence electrons. The molecule has 0 radical (unpaired) electrons. The molecular formula is C48H90N2O4-2. The lowest BCUT2D eigenvalue weighted by Crippen LogP contribution is -2.70. The van der Waals surface area contributed by atoms with Gasteiger partial charge >= 0.3 is 0 Å². The van der Waals surface area contributed by atoms with E-state index in [1.165, 1.54) is 0 Å². The van der Waals surface area contributed by atoms with Crippen LogP contribution in [-0.4, -0.2) is 34.1 Å². The molecule has 54 heavy (non-hydrogen) atoms. The minimum absolute atomic E-state index is 0.0684. The van der Waals surface area contributed by atoms with E-state index in [4.69, 9.17) is 0 Å². The van der Waals surface area contributed by atoms with Crippen LogP contribution >= 0.6 is 0 Å². The number of carbonyl (C=O) groups is 2. The maximum absolute atomic E-state index is 14.7. The van der Waals surface area contributed by atoms with E-state index >= 15 is 0 Å². The Balaban J connectivity index is 3.03. The second kappa shape index (κ2) is 24.6. The third-order valence-corrected chi connectivity index (χ3v) is 14.5. The fourth-order valence-electron chi connectivity index (χ4n) is 11.7. The Morgan fingerprint density at radius 1 is 0.463 bits per heavy atom. The SMILES string of the molecule is CCCCC1(CCCC)CC(C(CCCC(=O)[O-])(C(=O)[O-])C2CC(CCCC)(CCCC)NC(CCCC)(CCCC)C2)CC(CCCC)(CCCC)N1. The van der Waals surface area contributed by atoms with E-state index in [1.807, 2.05) is 0 Å². The molecule has 2 saturated heterocycles. The lowest BCUT2D eigenvalue weighted by molar-refractivity contribution is -0.330. The van der Waals surface area contributed by atoms with Gasteiger partial charge in [-0.15, -0.1) is 0 Å². The van der Waals surface area contributed by atoms with Crippen LogP contribution in [0.25, 0.3) is 0 Å². The third kappa shape index (κ3) is 13.8. The number of rotatable bonds is 31. The Hall–Kier alpha value is -1.14. The summed E-state index contributed by atoms with van der Waals surface area (Å²) in [4.78, 5) is 26.8. The molecular weight excluding hydrogens is 669 g/mol. The van der Waals surface area contributed by atoms with Gasteiger partial charge in [-0.1, -0.05) is 158 Å². The summed E-state index contributed by atoms with van der Waals surface area (Å²) >= 11 is 0. The maximum Gasteiger partial charge on any atom is 0.0481 e. The van der Waals surface area contributed by atoms with Gasteiger partial charge in [-0.3, -0.25) is 0 Å². The van der Waals surface area contributed by atoms with Crippen molar-refractivity contribution in [3.63, 3.8) is 0 Å². The Labute approximate surface area is 335 Å². The van der Waals surface area contributed by atoms with Gasteiger partial charge in [-0.2, -0.15) is 0 Å². The first-order valence-electron chi connectivity index (χ1n) is 23.9. The number of hydrogen-bond donors (Lipinski definition) is 2. The van der Waals surface area contributed by atoms with Gasteiger partial charge in [0.05, 0.1) is 0 Å². The van der Waals surface area contributed by atoms with Gasteiger partial charge in [-0.05, 0) is 108 Å². The van der Waals surface area contributed by atoms with Crippen LogP contribution in [0.5, 0.6) is 0 Å². The van der Waals surface area contributed by atoms with Gasteiger partial charge in [0.15, 0.2) is 0 Å². The molecule has 2 aliphatic rings. The van der Waals surface area contributed by atoms with Crippen molar-refractivity contribution in [2.75, 3.05) is 0 Å². The van der Waals surface area contributed by atoms with Crippen molar-refractivity contribution < 1.29 is 19.8 Å². The minimum Gasteiger partial charge on any atom is -0.550 e. The smallest absolute Gasteiger partial charge is 0.0481 e. The van der Waals surface area contributed by atoms with Crippen molar-refractivity contribution in [2.45, 2.75) is 277 Å². The van der Waals surface area contributed by atoms with Gasteiger partial charge in [0, 0.05) is 39.5 Å². The monoisotopic (exact) mass is 759 g/mol. The predicted octanol–water partition coefficient (Wildman–Crippen LogP) is 11.1. The number of piperidine rings is 2. The van der Waals surface area contributed by atoms with Gasteiger partial charge in [0.25, 0.3) is 0 Å². The van der Waals surface area contributed by atoms with Gasteiger partial charge < -0.3 is 30.4 Å². The van der Waals surface area contributed by atoms with E-state index in [0.29, 0.717) is 12.8 Å². The van der Waals surface area contributed by atoms with Crippen LogP contribution in [0.1, 0.15) is 254 Å². The Kier molecular flexibility index (Phi) is 22.3. The fraction of sp³-hybridized carbons (Fsp3) is 0.958. The number of carboxylic acids is 2. The summed E-state index contributed by atoms with van der Waals surface area (Å²) in [6, 6.07) is 0. The zero-order chi connectivity index (χ0) is 40.1. The zero-order valence-electron chi connectivity index (χ0n) is 37.2. The number of nitrogens with one attached hydrogen (secondary N) is 2. The van der Waals surface area contributed by atoms with E-state index in [-0.39, 0.29) is 40.4 Å². The highest BCUT2D eigenvalue weighted by Crippen LogP contribution is 2.59. The van der Waals surface area contributed by atoms with Crippen molar-refractivity contribution in [3.8, 4) is 0 Å². The Bertz CT molecular complexity index is 892. The second-order valence-electron chi connectivity index (χ2n) is 19.0. The second-order valence-corrected chi connectivity index (χ2v) is 19.0. The summed E-state index contributed by atoms with van der Waals surface area (Å²) in [7, 11) is 0. The number of unbranched alkanes of at least 4 members (excludes halogenated alkanes) is 8. The highest BCUT2D eigenvalue weighted by atomic mass is 16.4. The van der Waals surface area contributed by atoms with Gasteiger partial charge in [0.1, 0.15) is 0 Å². The molecule has 0 aromatic carbocycles. The van der Waals surface area contributed by atoms with Crippen LogP contribution in [0, 0.1) is 17.3 Å². The molecule has 2 heterocycles. The highest BCUT2D eigenvalue weighted by Gasteiger charge is 2.59. The fourth-order valence-corrected chi connectivity index (χ4v) is 11.7. The van der Waals surface area contributed by atoms with Crippen molar-refractivity contribution in [3.05, 3.63) is 0 Å². The summed E-state index contributed by atoms with van der Waals surface area (Å²) in [6.07, 6.45) is 30.6. The first-order chi connectivity index (χ1) is 25.9. The normalized spacial score (nSPS) is 19.9. The van der Waals surface area contributed by atoms with Crippen LogP contribution in [0.3, 0.4) is 0 Å². The molecule has 2 N–H and O–H groups in total. The van der Waals surface area contributed by atoms with E-state index < -0.39 is 17.4 Å². The van der Waals surface area contributed by atoms with Crippen molar-refractivity contribution in [1.29, 1.82) is 0 Å². The summed E-state index contributed by atoms with van der Waals surface area (Å²) in [5, 5.41) is 35.7. The standard InChI is InChI=1S/C48H92N2O4/c1-9-17-27-44(28-18-10-2)36-40(37-45(49-44,29-19-11-3)30-20-12-4)48(43(53)54,35-25-26-42(51)52)41-38-46(31-21-13-5,32-22-14-6)50-47(39-41,33-23-15-7)34-24-16-8/h40-41,49-50H,9-39H2,1-8H3,(H,51,52)(H,53,54)/p-2. The molecule has 0 aromatic rings. The predicted molar refractivity (Wildman–Crippen MR) is 225 cm³/mol. The summed E-state index contributed by atoms with van der Waals surface area (Å²) in [6.45, 7) is 18.3. The first-order valence-corrected chi connectivity index (χ1v) is 23.9. The molecule has 0 spiro atoms. The summed E-state index contributed by atoms with van der Waals surface area (Å²) < 4.78 is 0. The van der Waals surface area contributed by atoms with Gasteiger partial charge in [0.2, 0.25) is 0 Å². The van der Waals surface area contributed by atoms with E-state index in [0.717, 1.165) is 180 Å². The molecule has 2 aliphatic heterocycles. The summed E-state index contributed by atoms with van der Waals surface area (Å²) in [5.41, 5.74) is -1.59. The lowest BCUT2D eigenvalue weighted by Gasteiger charge is -2.63. The van der Waals surface area contributed by atoms with Crippen molar-refractivity contribution in [2.24, 2.45) is 17.3 Å². The van der Waals surface area contributed by atoms with Gasteiger partial charge in [-0.25, -0.2) is 0 Å². The Morgan fingerprint density at radius 3 is 0.889 bits per heavy atom. The van der Waals surface area contributed by atoms with E-state index in [9.17, 15) is 19.8 Å². The molecule has 0 aliphatic carbocycles. The molecule has 0 bridgehead atoms. The number of carboxylic acid groups (broad SMARTS) is 2. The largest absolute Gasteiger partial charge is 0.550 e. The quantitative estimate of drug-likeness (QED) is 0.0729. The highest BCUT2D eigenvalue weighted by molar-refractivity contribution is 5.74. The maximum atomic E-state index is 14.7. The number of aliphatic carboxylic acids is 2. The zero-order valence-corrected chi connectivity index (χ0v) is 37.2. The number of carbonyl (C=O) groups excluding carboxylic acids is 2. The molecule has 6 heteroatoms. The molecule has 6 nitrogen and oxygen atoms in total. The molecule has 2 rings (SSSR count). The van der Waals surface area contributed by atoms with Crippen LogP contribution in [-0.2, 0) is 9.59 Å². The van der Waals surface area contributed by atoms with Crippen LogP contribution in [0.4, 0.5) is 0 Å². The number of hydrogen-bond acceptors (Lipinski definition) is 6. The van der Waals surface area contributed by atoms with Crippen molar-refractivity contribution >= 4 is 11.9 Å². The first kappa shape index (κ1) is 49.0. The molecule has 0 unspecified atom stereocenters. The van der Waals surface area contributed by atoms with E-state index in [1.54, 1.807) is 0 Å².